The van der Waals surface area contributed by atoms with E-state index in [-0.39, 0.29) is 11.5 Å². The van der Waals surface area contributed by atoms with Crippen molar-refractivity contribution in [2.75, 3.05) is 5.32 Å². The van der Waals surface area contributed by atoms with Crippen molar-refractivity contribution in [1.29, 1.82) is 0 Å². The molecule has 11 heteroatoms. The van der Waals surface area contributed by atoms with Gasteiger partial charge in [0.2, 0.25) is 0 Å². The Morgan fingerprint density at radius 3 is 2.17 bits per heavy atom. The van der Waals surface area contributed by atoms with Crippen molar-refractivity contribution in [2.24, 2.45) is 7.05 Å². The van der Waals surface area contributed by atoms with Crippen LogP contribution < -0.4 is 10.0 Å². The predicted octanol–water partition coefficient (Wildman–Crippen LogP) is 1.75. The van der Waals surface area contributed by atoms with Crippen LogP contribution in [0.4, 0.5) is 14.9 Å². The molecule has 1 heterocycles. The highest BCUT2D eigenvalue weighted by Crippen LogP contribution is 2.40. The van der Waals surface area contributed by atoms with Crippen molar-refractivity contribution in [3.63, 3.8) is 0 Å². The highest BCUT2D eigenvalue weighted by molar-refractivity contribution is 7.90. The van der Waals surface area contributed by atoms with E-state index in [0.717, 1.165) is 34.7 Å². The molecule has 3 N–H and O–H groups in total. The van der Waals surface area contributed by atoms with Crippen LogP contribution in [0.25, 0.3) is 0 Å². The molecule has 2 aliphatic rings. The molecule has 1 aromatic carbocycles. The number of aromatic carboxylic acids is 1. The number of fused-ring (bicyclic) bond motifs is 2. The van der Waals surface area contributed by atoms with Gasteiger partial charge in [0.25, 0.3) is 10.0 Å². The zero-order valence-corrected chi connectivity index (χ0v) is 16.4. The Balaban J connectivity index is 1.61. The molecule has 2 aromatic rings. The first-order valence-electron chi connectivity index (χ1n) is 9.15. The van der Waals surface area contributed by atoms with Gasteiger partial charge in [-0.15, -0.1) is 0 Å². The van der Waals surface area contributed by atoms with Crippen LogP contribution in [0, 0.1) is 5.82 Å². The molecule has 0 radical (unpaired) electrons. The van der Waals surface area contributed by atoms with Crippen LogP contribution in [0.2, 0.25) is 0 Å². The number of carbonyl (C=O) groups excluding carboxylic acids is 1. The van der Waals surface area contributed by atoms with Crippen LogP contribution in [0.3, 0.4) is 0 Å². The highest BCUT2D eigenvalue weighted by Gasteiger charge is 2.31. The number of halogens is 1. The molecule has 1 aromatic heterocycles. The SMILES string of the molecule is Cn1nc(S(=O)(=O)NC(=O)Nc2c3c(c(F)c4c2CCC4)CCC3)cc1C(=O)O. The maximum Gasteiger partial charge on any atom is 0.354 e. The summed E-state index contributed by atoms with van der Waals surface area (Å²) in [7, 11) is -3.10. The van der Waals surface area contributed by atoms with Crippen LogP contribution in [0.5, 0.6) is 0 Å². The molecule has 29 heavy (non-hydrogen) atoms. The van der Waals surface area contributed by atoms with Gasteiger partial charge in [0.15, 0.2) is 5.03 Å². The largest absolute Gasteiger partial charge is 0.477 e. The number of urea groups is 1. The van der Waals surface area contributed by atoms with E-state index in [2.05, 4.69) is 10.4 Å². The van der Waals surface area contributed by atoms with E-state index in [1.54, 1.807) is 0 Å². The normalized spacial score (nSPS) is 15.1. The number of hydrogen-bond acceptors (Lipinski definition) is 5. The second kappa shape index (κ2) is 6.83. The summed E-state index contributed by atoms with van der Waals surface area (Å²) in [4.78, 5) is 23.5. The number of aromatic nitrogens is 2. The van der Waals surface area contributed by atoms with Gasteiger partial charge in [-0.3, -0.25) is 4.68 Å². The average Bonchev–Trinajstić information content (AvgIpc) is 3.36. The zero-order chi connectivity index (χ0) is 20.9. The van der Waals surface area contributed by atoms with Crippen LogP contribution in [0.15, 0.2) is 11.1 Å². The van der Waals surface area contributed by atoms with Gasteiger partial charge in [-0.05, 0) is 60.8 Å². The minimum atomic E-state index is -4.38. The van der Waals surface area contributed by atoms with Gasteiger partial charge in [0, 0.05) is 18.8 Å². The summed E-state index contributed by atoms with van der Waals surface area (Å²) in [6.45, 7) is 0. The van der Waals surface area contributed by atoms with Crippen LogP contribution in [0.1, 0.15) is 45.6 Å². The summed E-state index contributed by atoms with van der Waals surface area (Å²) in [6, 6.07) is -0.132. The van der Waals surface area contributed by atoms with Crippen LogP contribution in [-0.4, -0.2) is 35.3 Å². The fraction of sp³-hybridized carbons (Fsp3) is 0.389. The van der Waals surface area contributed by atoms with Gasteiger partial charge in [-0.25, -0.2) is 18.7 Å². The summed E-state index contributed by atoms with van der Waals surface area (Å²) in [5, 5.41) is 14.7. The molecular weight excluding hydrogens is 403 g/mol. The van der Waals surface area contributed by atoms with Gasteiger partial charge in [0.05, 0.1) is 0 Å². The van der Waals surface area contributed by atoms with E-state index in [0.29, 0.717) is 42.5 Å². The van der Waals surface area contributed by atoms with E-state index in [4.69, 9.17) is 5.11 Å². The Kier molecular flexibility index (Phi) is 4.56. The smallest absolute Gasteiger partial charge is 0.354 e. The molecule has 0 bridgehead atoms. The van der Waals surface area contributed by atoms with Gasteiger partial charge >= 0.3 is 12.0 Å². The molecule has 154 valence electrons. The number of nitrogens with one attached hydrogen (secondary N) is 2. The third kappa shape index (κ3) is 3.24. The zero-order valence-electron chi connectivity index (χ0n) is 15.6. The monoisotopic (exact) mass is 422 g/mol. The Bertz CT molecular complexity index is 1120. The standard InChI is InChI=1S/C18H19FN4O5S/c1-23-13(17(24)25)8-14(21-23)29(27,28)22-18(26)20-16-11-6-2-4-9(11)15(19)10-5-3-7-12(10)16/h8H,2-7H2,1H3,(H,24,25)(H2,20,22,26). The number of amides is 2. The number of anilines is 1. The Morgan fingerprint density at radius 1 is 1.10 bits per heavy atom. The van der Waals surface area contributed by atoms with E-state index in [1.807, 2.05) is 4.72 Å². The third-order valence-electron chi connectivity index (χ3n) is 5.39. The highest BCUT2D eigenvalue weighted by atomic mass is 32.2. The number of carboxylic acids is 1. The molecular formula is C18H19FN4O5S. The second-order valence-electron chi connectivity index (χ2n) is 7.17. The number of sulfonamides is 1. The van der Waals surface area contributed by atoms with E-state index in [1.165, 1.54) is 7.05 Å². The fourth-order valence-corrected chi connectivity index (χ4v) is 5.02. The van der Waals surface area contributed by atoms with Crippen molar-refractivity contribution in [1.82, 2.24) is 14.5 Å². The molecule has 2 amide bonds. The molecule has 0 unspecified atom stereocenters. The first kappa shape index (κ1) is 19.4. The number of aryl methyl sites for hydroxylation is 1. The lowest BCUT2D eigenvalue weighted by Gasteiger charge is -2.17. The van der Waals surface area contributed by atoms with Crippen LogP contribution in [-0.2, 0) is 42.8 Å². The first-order valence-corrected chi connectivity index (χ1v) is 10.6. The summed E-state index contributed by atoms with van der Waals surface area (Å²) >= 11 is 0. The number of carboxylic acid groups (broad SMARTS) is 1. The molecule has 2 aliphatic carbocycles. The molecule has 0 atom stereocenters. The minimum Gasteiger partial charge on any atom is -0.477 e. The van der Waals surface area contributed by atoms with Crippen molar-refractivity contribution in [3.05, 3.63) is 39.8 Å². The van der Waals surface area contributed by atoms with Crippen molar-refractivity contribution in [2.45, 2.75) is 43.6 Å². The van der Waals surface area contributed by atoms with Crippen molar-refractivity contribution in [3.8, 4) is 0 Å². The summed E-state index contributed by atoms with van der Waals surface area (Å²) < 4.78 is 42.3. The first-order chi connectivity index (χ1) is 13.7. The number of rotatable bonds is 4. The van der Waals surface area contributed by atoms with Gasteiger partial charge in [-0.1, -0.05) is 0 Å². The molecule has 0 spiro atoms. The minimum absolute atomic E-state index is 0.196. The number of carbonyl (C=O) groups is 2. The summed E-state index contributed by atoms with van der Waals surface area (Å²) in [5.41, 5.74) is 2.80. The Morgan fingerprint density at radius 2 is 1.66 bits per heavy atom. The van der Waals surface area contributed by atoms with Gasteiger partial charge < -0.3 is 10.4 Å². The van der Waals surface area contributed by atoms with E-state index in [9.17, 15) is 22.4 Å². The summed E-state index contributed by atoms with van der Waals surface area (Å²) in [5.74, 6) is -1.54. The third-order valence-corrected chi connectivity index (χ3v) is 6.59. The topological polar surface area (TPSA) is 130 Å². The van der Waals surface area contributed by atoms with Gasteiger partial charge in [0.1, 0.15) is 11.5 Å². The quantitative estimate of drug-likeness (QED) is 0.688. The number of nitrogens with zero attached hydrogens (tertiary/aromatic N) is 2. The van der Waals surface area contributed by atoms with Crippen molar-refractivity contribution >= 4 is 27.7 Å². The predicted molar refractivity (Wildman–Crippen MR) is 100.0 cm³/mol. The molecule has 4 rings (SSSR count). The lowest BCUT2D eigenvalue weighted by Crippen LogP contribution is -2.35. The lowest BCUT2D eigenvalue weighted by atomic mass is 9.98. The average molecular weight is 422 g/mol. The Labute approximate surface area is 166 Å². The van der Waals surface area contributed by atoms with E-state index >= 15 is 0 Å². The molecule has 0 aliphatic heterocycles. The summed E-state index contributed by atoms with van der Waals surface area (Å²) in [6.07, 6.45) is 3.96. The fourth-order valence-electron chi connectivity index (χ4n) is 4.12. The lowest BCUT2D eigenvalue weighted by molar-refractivity contribution is 0.0685. The molecule has 9 nitrogen and oxygen atoms in total. The maximum absolute atomic E-state index is 14.7. The maximum atomic E-state index is 14.7. The molecule has 0 saturated heterocycles. The number of hydrogen-bond donors (Lipinski definition) is 3. The molecule has 0 saturated carbocycles. The van der Waals surface area contributed by atoms with E-state index < -0.39 is 27.0 Å². The second-order valence-corrected chi connectivity index (χ2v) is 8.80. The van der Waals surface area contributed by atoms with Crippen LogP contribution >= 0.6 is 0 Å². The molecule has 0 fully saturated rings. The van der Waals surface area contributed by atoms with Gasteiger partial charge in [-0.2, -0.15) is 13.5 Å². The number of benzene rings is 1. The Hall–Kier alpha value is -2.95. The van der Waals surface area contributed by atoms with Crippen molar-refractivity contribution < 1.29 is 27.5 Å².